The van der Waals surface area contributed by atoms with Crippen LogP contribution in [0.25, 0.3) is 0 Å². The van der Waals surface area contributed by atoms with Crippen LogP contribution >= 0.6 is 0 Å². The van der Waals surface area contributed by atoms with Gasteiger partial charge in [0, 0.05) is 11.6 Å². The van der Waals surface area contributed by atoms with E-state index in [1.54, 1.807) is 0 Å². The number of hydrogen-bond acceptors (Lipinski definition) is 2. The van der Waals surface area contributed by atoms with E-state index in [1.807, 2.05) is 13.0 Å². The van der Waals surface area contributed by atoms with Crippen LogP contribution in [-0.2, 0) is 0 Å². The van der Waals surface area contributed by atoms with Gasteiger partial charge in [0.15, 0.2) is 5.78 Å². The average Bonchev–Trinajstić information content (AvgIpc) is 2.84. The lowest BCUT2D eigenvalue weighted by atomic mass is 9.98. The summed E-state index contributed by atoms with van der Waals surface area (Å²) in [6.07, 6.45) is 5.04. The lowest BCUT2D eigenvalue weighted by molar-refractivity contribution is 0.0986. The SMILES string of the molecule is Cc1cc(C)c(C(=O)CNC2CCCC2)cc1C. The summed E-state index contributed by atoms with van der Waals surface area (Å²) in [6.45, 7) is 6.66. The number of ketones is 1. The molecular weight excluding hydrogens is 222 g/mol. The summed E-state index contributed by atoms with van der Waals surface area (Å²) in [6, 6.07) is 4.70. The van der Waals surface area contributed by atoms with Crippen LogP contribution in [0.5, 0.6) is 0 Å². The molecule has 0 aromatic heterocycles. The van der Waals surface area contributed by atoms with Crippen molar-refractivity contribution in [2.75, 3.05) is 6.54 Å². The number of hydrogen-bond donors (Lipinski definition) is 1. The molecule has 0 heterocycles. The molecule has 0 atom stereocenters. The Kier molecular flexibility index (Phi) is 4.18. The number of aryl methyl sites for hydroxylation is 3. The van der Waals surface area contributed by atoms with Gasteiger partial charge in [-0.25, -0.2) is 0 Å². The number of benzene rings is 1. The molecule has 0 spiro atoms. The largest absolute Gasteiger partial charge is 0.307 e. The lowest BCUT2D eigenvalue weighted by Crippen LogP contribution is -2.31. The molecule has 0 aliphatic heterocycles. The Balaban J connectivity index is 2.01. The zero-order valence-electron chi connectivity index (χ0n) is 11.7. The third-order valence-electron chi connectivity index (χ3n) is 4.05. The van der Waals surface area contributed by atoms with Crippen LogP contribution < -0.4 is 5.32 Å². The standard InChI is InChI=1S/C16H23NO/c1-11-8-13(3)15(9-12(11)2)16(18)10-17-14-6-4-5-7-14/h8-9,14,17H,4-7,10H2,1-3H3. The number of carbonyl (C=O) groups is 1. The molecule has 1 fully saturated rings. The Hall–Kier alpha value is -1.15. The Morgan fingerprint density at radius 2 is 1.72 bits per heavy atom. The molecule has 0 radical (unpaired) electrons. The first-order valence-corrected chi connectivity index (χ1v) is 6.92. The van der Waals surface area contributed by atoms with Crippen LogP contribution in [0.2, 0.25) is 0 Å². The minimum Gasteiger partial charge on any atom is -0.307 e. The van der Waals surface area contributed by atoms with Gasteiger partial charge in [0.25, 0.3) is 0 Å². The van der Waals surface area contributed by atoms with Crippen LogP contribution in [0.4, 0.5) is 0 Å². The monoisotopic (exact) mass is 245 g/mol. The zero-order chi connectivity index (χ0) is 13.1. The molecule has 0 bridgehead atoms. The van der Waals surface area contributed by atoms with Crippen LogP contribution in [-0.4, -0.2) is 18.4 Å². The van der Waals surface area contributed by atoms with Crippen molar-refractivity contribution in [2.45, 2.75) is 52.5 Å². The second kappa shape index (κ2) is 5.66. The maximum absolute atomic E-state index is 12.2. The maximum atomic E-state index is 12.2. The van der Waals surface area contributed by atoms with Gasteiger partial charge in [-0.1, -0.05) is 18.9 Å². The highest BCUT2D eigenvalue weighted by Gasteiger charge is 2.17. The number of carbonyl (C=O) groups excluding carboxylic acids is 1. The van der Waals surface area contributed by atoms with Gasteiger partial charge in [0.2, 0.25) is 0 Å². The highest BCUT2D eigenvalue weighted by molar-refractivity contribution is 5.99. The molecule has 1 aliphatic rings. The molecule has 1 saturated carbocycles. The summed E-state index contributed by atoms with van der Waals surface area (Å²) in [7, 11) is 0. The third-order valence-corrected chi connectivity index (χ3v) is 4.05. The normalized spacial score (nSPS) is 16.2. The Morgan fingerprint density at radius 1 is 1.11 bits per heavy atom. The van der Waals surface area contributed by atoms with Gasteiger partial charge in [-0.15, -0.1) is 0 Å². The molecule has 0 saturated heterocycles. The van der Waals surface area contributed by atoms with Gasteiger partial charge in [-0.05, 0) is 56.4 Å². The molecule has 1 N–H and O–H groups in total. The Labute approximate surface area is 110 Å². The van der Waals surface area contributed by atoms with E-state index in [2.05, 4.69) is 25.2 Å². The molecule has 0 unspecified atom stereocenters. The lowest BCUT2D eigenvalue weighted by Gasteiger charge is -2.13. The van der Waals surface area contributed by atoms with Crippen molar-refractivity contribution in [2.24, 2.45) is 0 Å². The van der Waals surface area contributed by atoms with E-state index < -0.39 is 0 Å². The minimum absolute atomic E-state index is 0.225. The molecule has 2 heteroatoms. The average molecular weight is 245 g/mol. The van der Waals surface area contributed by atoms with Crippen LogP contribution in [0.1, 0.15) is 52.7 Å². The zero-order valence-corrected chi connectivity index (χ0v) is 11.7. The van der Waals surface area contributed by atoms with E-state index in [9.17, 15) is 4.79 Å². The topological polar surface area (TPSA) is 29.1 Å². The molecule has 2 rings (SSSR count). The number of nitrogens with one attached hydrogen (secondary N) is 1. The summed E-state index contributed by atoms with van der Waals surface area (Å²) in [4.78, 5) is 12.2. The predicted octanol–water partition coefficient (Wildman–Crippen LogP) is 3.33. The fourth-order valence-corrected chi connectivity index (χ4v) is 2.72. The summed E-state index contributed by atoms with van der Waals surface area (Å²) >= 11 is 0. The van der Waals surface area contributed by atoms with Crippen molar-refractivity contribution in [3.8, 4) is 0 Å². The first-order chi connectivity index (χ1) is 8.58. The van der Waals surface area contributed by atoms with Crippen molar-refractivity contribution < 1.29 is 4.79 Å². The molecule has 1 aliphatic carbocycles. The first kappa shape index (κ1) is 13.3. The van der Waals surface area contributed by atoms with Crippen LogP contribution in [0.3, 0.4) is 0 Å². The van der Waals surface area contributed by atoms with E-state index in [4.69, 9.17) is 0 Å². The number of Topliss-reactive ketones (excluding diaryl/α,β-unsaturated/α-hetero) is 1. The molecule has 98 valence electrons. The highest BCUT2D eigenvalue weighted by Crippen LogP contribution is 2.18. The molecule has 18 heavy (non-hydrogen) atoms. The predicted molar refractivity (Wildman–Crippen MR) is 75.2 cm³/mol. The summed E-state index contributed by atoms with van der Waals surface area (Å²) < 4.78 is 0. The van der Waals surface area contributed by atoms with E-state index in [0.717, 1.165) is 11.1 Å². The quantitative estimate of drug-likeness (QED) is 0.824. The Morgan fingerprint density at radius 3 is 2.39 bits per heavy atom. The van der Waals surface area contributed by atoms with Gasteiger partial charge >= 0.3 is 0 Å². The van der Waals surface area contributed by atoms with E-state index in [0.29, 0.717) is 12.6 Å². The van der Waals surface area contributed by atoms with E-state index in [1.165, 1.54) is 36.8 Å². The van der Waals surface area contributed by atoms with Crippen molar-refractivity contribution in [1.82, 2.24) is 5.32 Å². The summed E-state index contributed by atoms with van der Waals surface area (Å²) in [5, 5.41) is 3.39. The summed E-state index contributed by atoms with van der Waals surface area (Å²) in [5.41, 5.74) is 4.43. The molecule has 2 nitrogen and oxygen atoms in total. The fraction of sp³-hybridized carbons (Fsp3) is 0.562. The van der Waals surface area contributed by atoms with Crippen molar-refractivity contribution in [3.63, 3.8) is 0 Å². The molecular formula is C16H23NO. The molecule has 1 aromatic carbocycles. The van der Waals surface area contributed by atoms with Gasteiger partial charge in [-0.2, -0.15) is 0 Å². The molecule has 0 amide bonds. The Bertz CT molecular complexity index is 445. The third kappa shape index (κ3) is 2.99. The van der Waals surface area contributed by atoms with E-state index >= 15 is 0 Å². The van der Waals surface area contributed by atoms with Crippen LogP contribution in [0.15, 0.2) is 12.1 Å². The summed E-state index contributed by atoms with van der Waals surface area (Å²) in [5.74, 6) is 0.225. The van der Waals surface area contributed by atoms with Gasteiger partial charge in [0.05, 0.1) is 6.54 Å². The van der Waals surface area contributed by atoms with Crippen LogP contribution in [0, 0.1) is 20.8 Å². The smallest absolute Gasteiger partial charge is 0.176 e. The second-order valence-electron chi connectivity index (χ2n) is 5.54. The van der Waals surface area contributed by atoms with Crippen molar-refractivity contribution in [3.05, 3.63) is 34.4 Å². The van der Waals surface area contributed by atoms with Gasteiger partial charge in [0.1, 0.15) is 0 Å². The molecule has 1 aromatic rings. The minimum atomic E-state index is 0.225. The van der Waals surface area contributed by atoms with Crippen molar-refractivity contribution >= 4 is 5.78 Å². The maximum Gasteiger partial charge on any atom is 0.176 e. The van der Waals surface area contributed by atoms with Gasteiger partial charge < -0.3 is 5.32 Å². The van der Waals surface area contributed by atoms with E-state index in [-0.39, 0.29) is 5.78 Å². The number of rotatable bonds is 4. The highest BCUT2D eigenvalue weighted by atomic mass is 16.1. The van der Waals surface area contributed by atoms with Crippen molar-refractivity contribution in [1.29, 1.82) is 0 Å². The second-order valence-corrected chi connectivity index (χ2v) is 5.54. The van der Waals surface area contributed by atoms with Gasteiger partial charge in [-0.3, -0.25) is 4.79 Å². The fourth-order valence-electron chi connectivity index (χ4n) is 2.72. The first-order valence-electron chi connectivity index (χ1n) is 6.92.